The fourth-order valence-electron chi connectivity index (χ4n) is 4.58. The lowest BCUT2D eigenvalue weighted by Crippen LogP contribution is -2.41. The zero-order valence-corrected chi connectivity index (χ0v) is 18.6. The number of nitrogens with one attached hydrogen (secondary N) is 1. The lowest BCUT2D eigenvalue weighted by atomic mass is 9.98. The third-order valence-corrected chi connectivity index (χ3v) is 6.35. The molecular weight excluding hydrogens is 390 g/mol. The number of carbonyl (C=O) groups excluding carboxylic acids is 1. The molecule has 1 atom stereocenters. The van der Waals surface area contributed by atoms with Crippen LogP contribution in [0.2, 0.25) is 0 Å². The van der Waals surface area contributed by atoms with Crippen LogP contribution in [-0.2, 0) is 11.2 Å². The van der Waals surface area contributed by atoms with E-state index in [0.29, 0.717) is 18.0 Å². The summed E-state index contributed by atoms with van der Waals surface area (Å²) in [5, 5.41) is 3.11. The Kier molecular flexibility index (Phi) is 6.97. The predicted octanol–water partition coefficient (Wildman–Crippen LogP) is 3.41. The minimum Gasteiger partial charge on any atom is -0.497 e. The molecule has 0 spiro atoms. The zero-order chi connectivity index (χ0) is 21.6. The van der Waals surface area contributed by atoms with Gasteiger partial charge in [-0.1, -0.05) is 24.6 Å². The van der Waals surface area contributed by atoms with E-state index in [-0.39, 0.29) is 18.6 Å². The number of likely N-dealkylation sites (N-methyl/N-ethyl adjacent to an activating group) is 1. The molecule has 0 aromatic heterocycles. The van der Waals surface area contributed by atoms with E-state index < -0.39 is 0 Å². The van der Waals surface area contributed by atoms with Crippen LogP contribution in [-0.4, -0.2) is 57.8 Å². The Morgan fingerprint density at radius 2 is 1.87 bits per heavy atom. The Hall–Kier alpha value is -2.73. The van der Waals surface area contributed by atoms with E-state index in [4.69, 9.17) is 9.47 Å². The fraction of sp³-hybridized carbons (Fsp3) is 0.480. The molecule has 0 bridgehead atoms. The van der Waals surface area contributed by atoms with Crippen molar-refractivity contribution in [1.29, 1.82) is 0 Å². The maximum atomic E-state index is 12.5. The minimum absolute atomic E-state index is 0.00509. The number of ether oxygens (including phenoxy) is 2. The topological polar surface area (TPSA) is 54.0 Å². The summed E-state index contributed by atoms with van der Waals surface area (Å²) in [6.45, 7) is 3.82. The molecule has 6 nitrogen and oxygen atoms in total. The summed E-state index contributed by atoms with van der Waals surface area (Å²) in [5.41, 5.74) is 4.04. The Morgan fingerprint density at radius 1 is 1.06 bits per heavy atom. The molecule has 2 aliphatic rings. The largest absolute Gasteiger partial charge is 0.497 e. The van der Waals surface area contributed by atoms with Gasteiger partial charge in [-0.3, -0.25) is 9.69 Å². The summed E-state index contributed by atoms with van der Waals surface area (Å²) in [6, 6.07) is 14.3. The molecule has 1 N–H and O–H groups in total. The number of fused-ring (bicyclic) bond motifs is 1. The quantitative estimate of drug-likeness (QED) is 0.705. The smallest absolute Gasteiger partial charge is 0.258 e. The van der Waals surface area contributed by atoms with Crippen LogP contribution >= 0.6 is 0 Å². The molecule has 4 rings (SSSR count). The number of rotatable bonds is 8. The Balaban J connectivity index is 1.40. The van der Waals surface area contributed by atoms with Crippen molar-refractivity contribution in [2.75, 3.05) is 51.8 Å². The van der Waals surface area contributed by atoms with Crippen LogP contribution in [0.25, 0.3) is 0 Å². The molecule has 166 valence electrons. The van der Waals surface area contributed by atoms with Gasteiger partial charge in [-0.05, 0) is 61.7 Å². The van der Waals surface area contributed by atoms with Gasteiger partial charge in [0.1, 0.15) is 11.5 Å². The van der Waals surface area contributed by atoms with Crippen molar-refractivity contribution in [3.8, 4) is 11.5 Å². The molecule has 1 fully saturated rings. The fourth-order valence-corrected chi connectivity index (χ4v) is 4.58. The van der Waals surface area contributed by atoms with E-state index in [1.165, 1.54) is 36.1 Å². The van der Waals surface area contributed by atoms with E-state index in [1.54, 1.807) is 13.2 Å². The summed E-state index contributed by atoms with van der Waals surface area (Å²) in [7, 11) is 3.76. The molecule has 1 unspecified atom stereocenters. The van der Waals surface area contributed by atoms with Crippen molar-refractivity contribution < 1.29 is 14.3 Å². The molecule has 1 saturated heterocycles. The first kappa shape index (κ1) is 21.5. The summed E-state index contributed by atoms with van der Waals surface area (Å²) in [4.78, 5) is 17.4. The maximum absolute atomic E-state index is 12.5. The first-order chi connectivity index (χ1) is 15.1. The van der Waals surface area contributed by atoms with Crippen molar-refractivity contribution in [3.63, 3.8) is 0 Å². The molecule has 6 heteroatoms. The number of nitrogens with zero attached hydrogens (tertiary/aromatic N) is 2. The SMILES string of the molecule is COc1cccc(OCC(=O)NCC(c2ccc3c(c2)CCN3C)N2CCCCC2)c1. The van der Waals surface area contributed by atoms with E-state index in [0.717, 1.165) is 26.1 Å². The lowest BCUT2D eigenvalue weighted by molar-refractivity contribution is -0.123. The standard InChI is InChI=1S/C25H33N3O3/c1-27-14-11-20-15-19(9-10-23(20)27)24(28-12-4-3-5-13-28)17-26-25(29)18-31-22-8-6-7-21(16-22)30-2/h6-10,15-16,24H,3-5,11-14,17-18H2,1-2H3,(H,26,29). The zero-order valence-electron chi connectivity index (χ0n) is 18.6. The average molecular weight is 424 g/mol. The third-order valence-electron chi connectivity index (χ3n) is 6.35. The summed E-state index contributed by atoms with van der Waals surface area (Å²) in [5.74, 6) is 1.24. The molecular formula is C25H33N3O3. The highest BCUT2D eigenvalue weighted by molar-refractivity contribution is 5.77. The van der Waals surface area contributed by atoms with Gasteiger partial charge in [-0.25, -0.2) is 0 Å². The number of benzene rings is 2. The van der Waals surface area contributed by atoms with Gasteiger partial charge in [0, 0.05) is 31.9 Å². The number of likely N-dealkylation sites (tertiary alicyclic amines) is 1. The van der Waals surface area contributed by atoms with Crippen LogP contribution in [0.4, 0.5) is 5.69 Å². The molecule has 0 radical (unpaired) electrons. The summed E-state index contributed by atoms with van der Waals surface area (Å²) >= 11 is 0. The molecule has 2 aromatic carbocycles. The monoisotopic (exact) mass is 423 g/mol. The Labute approximate surface area is 185 Å². The number of carbonyl (C=O) groups is 1. The highest BCUT2D eigenvalue weighted by atomic mass is 16.5. The van der Waals surface area contributed by atoms with Gasteiger partial charge < -0.3 is 19.7 Å². The third kappa shape index (κ3) is 5.31. The van der Waals surface area contributed by atoms with Crippen molar-refractivity contribution in [3.05, 3.63) is 53.6 Å². The molecule has 31 heavy (non-hydrogen) atoms. The molecule has 1 amide bonds. The van der Waals surface area contributed by atoms with Crippen molar-refractivity contribution in [2.45, 2.75) is 31.7 Å². The second-order valence-electron chi connectivity index (χ2n) is 8.44. The van der Waals surface area contributed by atoms with E-state index in [1.807, 2.05) is 18.2 Å². The van der Waals surface area contributed by atoms with Crippen LogP contribution in [0.15, 0.2) is 42.5 Å². The molecule has 2 aliphatic heterocycles. The summed E-state index contributed by atoms with van der Waals surface area (Å²) in [6.07, 6.45) is 4.82. The van der Waals surface area contributed by atoms with Crippen LogP contribution in [0, 0.1) is 0 Å². The van der Waals surface area contributed by atoms with Gasteiger partial charge in [0.25, 0.3) is 5.91 Å². The number of piperidine rings is 1. The lowest BCUT2D eigenvalue weighted by Gasteiger charge is -2.35. The second kappa shape index (κ2) is 10.1. The number of amides is 1. The van der Waals surface area contributed by atoms with E-state index in [2.05, 4.69) is 40.4 Å². The molecule has 2 aromatic rings. The molecule has 0 saturated carbocycles. The van der Waals surface area contributed by atoms with Gasteiger partial charge in [0.2, 0.25) is 0 Å². The Bertz CT molecular complexity index is 895. The highest BCUT2D eigenvalue weighted by Crippen LogP contribution is 2.32. The molecule has 2 heterocycles. The van der Waals surface area contributed by atoms with Crippen LogP contribution in [0.3, 0.4) is 0 Å². The average Bonchev–Trinajstić information content (AvgIpc) is 3.19. The van der Waals surface area contributed by atoms with Crippen molar-refractivity contribution >= 4 is 11.6 Å². The Morgan fingerprint density at radius 3 is 2.68 bits per heavy atom. The van der Waals surface area contributed by atoms with Gasteiger partial charge in [-0.2, -0.15) is 0 Å². The van der Waals surface area contributed by atoms with Crippen molar-refractivity contribution in [1.82, 2.24) is 10.2 Å². The van der Waals surface area contributed by atoms with E-state index >= 15 is 0 Å². The second-order valence-corrected chi connectivity index (χ2v) is 8.44. The molecule has 0 aliphatic carbocycles. The number of hydrogen-bond donors (Lipinski definition) is 1. The normalized spacial score (nSPS) is 17.2. The van der Waals surface area contributed by atoms with Crippen LogP contribution in [0.5, 0.6) is 11.5 Å². The first-order valence-corrected chi connectivity index (χ1v) is 11.3. The van der Waals surface area contributed by atoms with Gasteiger partial charge in [-0.15, -0.1) is 0 Å². The van der Waals surface area contributed by atoms with Gasteiger partial charge in [0.05, 0.1) is 13.2 Å². The first-order valence-electron chi connectivity index (χ1n) is 11.3. The highest BCUT2D eigenvalue weighted by Gasteiger charge is 2.25. The summed E-state index contributed by atoms with van der Waals surface area (Å²) < 4.78 is 10.9. The van der Waals surface area contributed by atoms with Gasteiger partial charge >= 0.3 is 0 Å². The van der Waals surface area contributed by atoms with Crippen LogP contribution < -0.4 is 19.7 Å². The maximum Gasteiger partial charge on any atom is 0.258 e. The predicted molar refractivity (Wildman–Crippen MR) is 123 cm³/mol. The van der Waals surface area contributed by atoms with Crippen molar-refractivity contribution in [2.24, 2.45) is 0 Å². The minimum atomic E-state index is -0.106. The number of hydrogen-bond acceptors (Lipinski definition) is 5. The van der Waals surface area contributed by atoms with E-state index in [9.17, 15) is 4.79 Å². The van der Waals surface area contributed by atoms with Gasteiger partial charge in [0.15, 0.2) is 6.61 Å². The number of anilines is 1. The number of methoxy groups -OCH3 is 1. The van der Waals surface area contributed by atoms with Crippen LogP contribution in [0.1, 0.15) is 36.4 Å².